The zero-order valence-electron chi connectivity index (χ0n) is 13.9. The first-order valence-corrected chi connectivity index (χ1v) is 7.89. The van der Waals surface area contributed by atoms with E-state index in [1.165, 1.54) is 6.33 Å². The highest BCUT2D eigenvalue weighted by molar-refractivity contribution is 5.78. The van der Waals surface area contributed by atoms with Crippen molar-refractivity contribution in [1.29, 1.82) is 0 Å². The lowest BCUT2D eigenvalue weighted by Crippen LogP contribution is -2.37. The number of amides is 1. The molecule has 0 fully saturated rings. The maximum absolute atomic E-state index is 12.0. The van der Waals surface area contributed by atoms with Crippen molar-refractivity contribution in [3.05, 3.63) is 36.2 Å². The van der Waals surface area contributed by atoms with Crippen LogP contribution < -0.4 is 5.32 Å². The standard InChI is InChI=1S/C16H24N6O/c1-4-13(2)21(3)10-9-17-16(23)11-14-5-7-15(8-6-14)22-12-18-19-20-22/h5-8,12-13H,4,9-11H2,1-3H3,(H,17,23)/t13-/m0/s1. The van der Waals surface area contributed by atoms with E-state index < -0.39 is 0 Å². The van der Waals surface area contributed by atoms with E-state index in [4.69, 9.17) is 0 Å². The van der Waals surface area contributed by atoms with E-state index in [0.717, 1.165) is 24.2 Å². The zero-order valence-corrected chi connectivity index (χ0v) is 13.9. The quantitative estimate of drug-likeness (QED) is 0.788. The first kappa shape index (κ1) is 17.1. The smallest absolute Gasteiger partial charge is 0.224 e. The van der Waals surface area contributed by atoms with Gasteiger partial charge in [0.05, 0.1) is 12.1 Å². The molecule has 0 bridgehead atoms. The molecule has 0 aliphatic carbocycles. The van der Waals surface area contributed by atoms with E-state index in [1.54, 1.807) is 4.68 Å². The Morgan fingerprint density at radius 2 is 2.09 bits per heavy atom. The Balaban J connectivity index is 1.77. The molecule has 1 amide bonds. The van der Waals surface area contributed by atoms with Crippen molar-refractivity contribution in [1.82, 2.24) is 30.4 Å². The third kappa shape index (κ3) is 5.14. The molecule has 1 atom stereocenters. The lowest BCUT2D eigenvalue weighted by atomic mass is 10.1. The van der Waals surface area contributed by atoms with Gasteiger partial charge in [0.25, 0.3) is 0 Å². The first-order valence-electron chi connectivity index (χ1n) is 7.89. The third-order valence-corrected chi connectivity index (χ3v) is 4.04. The molecule has 0 unspecified atom stereocenters. The van der Waals surface area contributed by atoms with Crippen molar-refractivity contribution in [2.45, 2.75) is 32.7 Å². The highest BCUT2D eigenvalue weighted by atomic mass is 16.1. The van der Waals surface area contributed by atoms with Crippen LogP contribution in [0.2, 0.25) is 0 Å². The van der Waals surface area contributed by atoms with Crippen molar-refractivity contribution >= 4 is 5.91 Å². The van der Waals surface area contributed by atoms with Crippen molar-refractivity contribution in [2.75, 3.05) is 20.1 Å². The van der Waals surface area contributed by atoms with Gasteiger partial charge in [0.1, 0.15) is 6.33 Å². The van der Waals surface area contributed by atoms with E-state index in [0.29, 0.717) is 19.0 Å². The van der Waals surface area contributed by atoms with E-state index in [2.05, 4.69) is 46.6 Å². The van der Waals surface area contributed by atoms with Gasteiger partial charge in [-0.25, -0.2) is 4.68 Å². The third-order valence-electron chi connectivity index (χ3n) is 4.04. The SMILES string of the molecule is CC[C@H](C)N(C)CCNC(=O)Cc1ccc(-n2cnnn2)cc1. The van der Waals surface area contributed by atoms with Crippen LogP contribution in [0.1, 0.15) is 25.8 Å². The average Bonchev–Trinajstić information content (AvgIpc) is 3.09. The molecule has 1 aromatic carbocycles. The zero-order chi connectivity index (χ0) is 16.7. The highest BCUT2D eigenvalue weighted by Crippen LogP contribution is 2.08. The van der Waals surface area contributed by atoms with Crippen LogP contribution in [0.25, 0.3) is 5.69 Å². The molecule has 124 valence electrons. The van der Waals surface area contributed by atoms with Gasteiger partial charge in [-0.15, -0.1) is 5.10 Å². The molecule has 1 aromatic heterocycles. The normalized spacial score (nSPS) is 12.3. The predicted molar refractivity (Wildman–Crippen MR) is 88.3 cm³/mol. The molecule has 2 aromatic rings. The van der Waals surface area contributed by atoms with E-state index in [9.17, 15) is 4.79 Å². The molecule has 1 heterocycles. The second-order valence-electron chi connectivity index (χ2n) is 5.69. The summed E-state index contributed by atoms with van der Waals surface area (Å²) in [7, 11) is 2.08. The van der Waals surface area contributed by atoms with Crippen molar-refractivity contribution in [3.8, 4) is 5.69 Å². The van der Waals surface area contributed by atoms with Crippen LogP contribution in [0, 0.1) is 0 Å². The number of hydrogen-bond donors (Lipinski definition) is 1. The summed E-state index contributed by atoms with van der Waals surface area (Å²) in [6, 6.07) is 8.17. The second-order valence-corrected chi connectivity index (χ2v) is 5.69. The van der Waals surface area contributed by atoms with Gasteiger partial charge >= 0.3 is 0 Å². The number of nitrogens with one attached hydrogen (secondary N) is 1. The molecular formula is C16H24N6O. The van der Waals surface area contributed by atoms with Gasteiger partial charge in [-0.1, -0.05) is 19.1 Å². The summed E-state index contributed by atoms with van der Waals surface area (Å²) in [5, 5.41) is 14.0. The van der Waals surface area contributed by atoms with Gasteiger partial charge in [-0.05, 0) is 48.5 Å². The lowest BCUT2D eigenvalue weighted by molar-refractivity contribution is -0.120. The number of carbonyl (C=O) groups is 1. The molecule has 7 heteroatoms. The molecular weight excluding hydrogens is 292 g/mol. The monoisotopic (exact) mass is 316 g/mol. The van der Waals surface area contributed by atoms with E-state index >= 15 is 0 Å². The number of likely N-dealkylation sites (N-methyl/N-ethyl adjacent to an activating group) is 1. The Morgan fingerprint density at radius 3 is 2.70 bits per heavy atom. The van der Waals surface area contributed by atoms with Crippen LogP contribution in [0.15, 0.2) is 30.6 Å². The minimum atomic E-state index is 0.0396. The number of rotatable bonds is 8. The maximum Gasteiger partial charge on any atom is 0.224 e. The number of nitrogens with zero attached hydrogens (tertiary/aromatic N) is 5. The van der Waals surface area contributed by atoms with Crippen LogP contribution in [0.3, 0.4) is 0 Å². The molecule has 23 heavy (non-hydrogen) atoms. The molecule has 0 aliphatic rings. The summed E-state index contributed by atoms with van der Waals surface area (Å²) < 4.78 is 1.58. The molecule has 0 radical (unpaired) electrons. The summed E-state index contributed by atoms with van der Waals surface area (Å²) in [4.78, 5) is 14.2. The van der Waals surface area contributed by atoms with Gasteiger partial charge in [-0.2, -0.15) is 0 Å². The number of hydrogen-bond acceptors (Lipinski definition) is 5. The number of carbonyl (C=O) groups excluding carboxylic acids is 1. The summed E-state index contributed by atoms with van der Waals surface area (Å²) in [6.45, 7) is 5.88. The van der Waals surface area contributed by atoms with Crippen LogP contribution >= 0.6 is 0 Å². The van der Waals surface area contributed by atoms with Crippen molar-refractivity contribution < 1.29 is 4.79 Å². The van der Waals surface area contributed by atoms with E-state index in [1.807, 2.05) is 24.3 Å². The van der Waals surface area contributed by atoms with Gasteiger partial charge in [0.15, 0.2) is 0 Å². The Labute approximate surface area is 136 Å². The van der Waals surface area contributed by atoms with Gasteiger partial charge in [0.2, 0.25) is 5.91 Å². The van der Waals surface area contributed by atoms with Gasteiger partial charge < -0.3 is 10.2 Å². The molecule has 1 N–H and O–H groups in total. The minimum absolute atomic E-state index is 0.0396. The average molecular weight is 316 g/mol. The highest BCUT2D eigenvalue weighted by Gasteiger charge is 2.08. The van der Waals surface area contributed by atoms with E-state index in [-0.39, 0.29) is 5.91 Å². The van der Waals surface area contributed by atoms with Crippen molar-refractivity contribution in [2.24, 2.45) is 0 Å². The predicted octanol–water partition coefficient (Wildman–Crippen LogP) is 1.05. The Hall–Kier alpha value is -2.28. The minimum Gasteiger partial charge on any atom is -0.355 e. The topological polar surface area (TPSA) is 75.9 Å². The Bertz CT molecular complexity index is 596. The summed E-state index contributed by atoms with van der Waals surface area (Å²) in [5.74, 6) is 0.0396. The molecule has 7 nitrogen and oxygen atoms in total. The summed E-state index contributed by atoms with van der Waals surface area (Å²) in [6.07, 6.45) is 3.02. The Morgan fingerprint density at radius 1 is 1.35 bits per heavy atom. The molecule has 0 aliphatic heterocycles. The summed E-state index contributed by atoms with van der Waals surface area (Å²) >= 11 is 0. The Kier molecular flexibility index (Phi) is 6.22. The van der Waals surface area contributed by atoms with Crippen LogP contribution in [0.4, 0.5) is 0 Å². The van der Waals surface area contributed by atoms with Crippen LogP contribution in [-0.2, 0) is 11.2 Å². The number of tetrazole rings is 1. The van der Waals surface area contributed by atoms with Gasteiger partial charge in [0, 0.05) is 19.1 Å². The second kappa shape index (κ2) is 8.38. The number of aromatic nitrogens is 4. The largest absolute Gasteiger partial charge is 0.355 e. The summed E-state index contributed by atoms with van der Waals surface area (Å²) in [5.41, 5.74) is 1.84. The first-order chi connectivity index (χ1) is 11.1. The molecule has 0 spiro atoms. The molecule has 0 saturated carbocycles. The maximum atomic E-state index is 12.0. The molecule has 2 rings (SSSR count). The number of benzene rings is 1. The molecule has 0 saturated heterocycles. The lowest BCUT2D eigenvalue weighted by Gasteiger charge is -2.23. The fraction of sp³-hybridized carbons (Fsp3) is 0.500. The van der Waals surface area contributed by atoms with Crippen molar-refractivity contribution in [3.63, 3.8) is 0 Å². The van der Waals surface area contributed by atoms with Crippen LogP contribution in [-0.4, -0.2) is 57.2 Å². The fourth-order valence-electron chi connectivity index (χ4n) is 2.20. The fourth-order valence-corrected chi connectivity index (χ4v) is 2.20. The van der Waals surface area contributed by atoms with Gasteiger partial charge in [-0.3, -0.25) is 4.79 Å². The van der Waals surface area contributed by atoms with Crippen LogP contribution in [0.5, 0.6) is 0 Å².